The number of sulfonamides is 1. The van der Waals surface area contributed by atoms with E-state index in [1.165, 1.54) is 31.8 Å². The lowest BCUT2D eigenvalue weighted by Gasteiger charge is -2.10. The summed E-state index contributed by atoms with van der Waals surface area (Å²) in [5.41, 5.74) is 6.28. The molecule has 96 valence electrons. The van der Waals surface area contributed by atoms with E-state index in [1.807, 2.05) is 0 Å². The molecular weight excluding hydrogens is 256 g/mol. The normalized spacial score (nSPS) is 11.2. The third kappa shape index (κ3) is 2.38. The van der Waals surface area contributed by atoms with E-state index in [1.54, 1.807) is 6.07 Å². The van der Waals surface area contributed by atoms with Crippen LogP contribution in [0.5, 0.6) is 5.75 Å². The van der Waals surface area contributed by atoms with E-state index in [0.29, 0.717) is 5.75 Å². The number of aromatic nitrogens is 2. The first kappa shape index (κ1) is 12.2. The fourth-order valence-corrected chi connectivity index (χ4v) is 2.34. The number of nitrogens with two attached hydrogens (primary N) is 1. The van der Waals surface area contributed by atoms with Crippen LogP contribution in [0.25, 0.3) is 0 Å². The van der Waals surface area contributed by atoms with Gasteiger partial charge in [0.1, 0.15) is 5.75 Å². The van der Waals surface area contributed by atoms with Crippen LogP contribution in [0, 0.1) is 0 Å². The number of nitrogen functional groups attached to an aromatic ring is 1. The van der Waals surface area contributed by atoms with Crippen molar-refractivity contribution in [1.82, 2.24) is 9.97 Å². The summed E-state index contributed by atoms with van der Waals surface area (Å²) in [5, 5.41) is -0.0299. The van der Waals surface area contributed by atoms with E-state index in [2.05, 4.69) is 14.7 Å². The third-order valence-corrected chi connectivity index (χ3v) is 3.56. The number of anilines is 2. The Bertz CT molecular complexity index is 637. The average molecular weight is 268 g/mol. The molecule has 0 aliphatic rings. The van der Waals surface area contributed by atoms with Gasteiger partial charge >= 0.3 is 0 Å². The summed E-state index contributed by atoms with van der Waals surface area (Å²) >= 11 is 0. The van der Waals surface area contributed by atoms with E-state index >= 15 is 0 Å². The second-order valence-corrected chi connectivity index (χ2v) is 5.13. The van der Waals surface area contributed by atoms with Crippen molar-refractivity contribution in [2.75, 3.05) is 17.6 Å². The van der Waals surface area contributed by atoms with E-state index in [4.69, 9.17) is 10.5 Å². The highest BCUT2D eigenvalue weighted by atomic mass is 32.2. The number of rotatable bonds is 4. The Hall–Kier alpha value is -2.22. The zero-order chi connectivity index (χ0) is 13.2. The molecule has 0 fully saturated rings. The molecule has 0 bridgehead atoms. The molecule has 8 heteroatoms. The van der Waals surface area contributed by atoms with Crippen LogP contribution in [-0.2, 0) is 10.0 Å². The highest BCUT2D eigenvalue weighted by Crippen LogP contribution is 2.25. The topological polar surface area (TPSA) is 110 Å². The molecule has 0 amide bonds. The Morgan fingerprint density at radius 1 is 1.44 bits per heavy atom. The number of hydrogen-bond acceptors (Lipinski definition) is 5. The first-order chi connectivity index (χ1) is 8.53. The molecule has 1 heterocycles. The maximum absolute atomic E-state index is 11.9. The van der Waals surface area contributed by atoms with Gasteiger partial charge in [0, 0.05) is 6.07 Å². The molecule has 7 nitrogen and oxygen atoms in total. The van der Waals surface area contributed by atoms with Crippen molar-refractivity contribution in [3.63, 3.8) is 0 Å². The van der Waals surface area contributed by atoms with Gasteiger partial charge in [-0.15, -0.1) is 0 Å². The summed E-state index contributed by atoms with van der Waals surface area (Å²) in [4.78, 5) is 6.17. The molecular formula is C10H12N4O3S. The zero-order valence-corrected chi connectivity index (χ0v) is 10.4. The first-order valence-corrected chi connectivity index (χ1v) is 6.46. The molecule has 0 atom stereocenters. The van der Waals surface area contributed by atoms with Crippen molar-refractivity contribution in [2.24, 2.45) is 0 Å². The third-order valence-electron chi connectivity index (χ3n) is 2.27. The molecule has 1 aromatic heterocycles. The summed E-state index contributed by atoms with van der Waals surface area (Å²) in [7, 11) is -2.20. The van der Waals surface area contributed by atoms with Crippen molar-refractivity contribution in [3.05, 3.63) is 30.7 Å². The second-order valence-electron chi connectivity index (χ2n) is 3.47. The molecule has 0 unspecified atom stereocenters. The Balaban J connectivity index is 2.30. The second kappa shape index (κ2) is 4.57. The Labute approximate surface area is 104 Å². The number of H-pyrrole nitrogens is 1. The molecule has 2 rings (SSSR count). The van der Waals surface area contributed by atoms with Crippen molar-refractivity contribution in [2.45, 2.75) is 5.03 Å². The van der Waals surface area contributed by atoms with Crippen LogP contribution >= 0.6 is 0 Å². The minimum atomic E-state index is -3.70. The molecule has 0 aliphatic heterocycles. The maximum Gasteiger partial charge on any atom is 0.279 e. The standard InChI is InChI=1S/C10H12N4O3S/c1-17-7-2-3-9(8(11)4-7)14-18(15,16)10-5-12-6-13-10/h2-6,14H,11H2,1H3,(H,12,13). The fourth-order valence-electron chi connectivity index (χ4n) is 1.35. The number of methoxy groups -OCH3 is 1. The molecule has 0 saturated carbocycles. The van der Waals surface area contributed by atoms with Gasteiger partial charge in [-0.3, -0.25) is 4.72 Å². The van der Waals surface area contributed by atoms with Crippen LogP contribution in [0.1, 0.15) is 0 Å². The van der Waals surface area contributed by atoms with Crippen LogP contribution in [0.2, 0.25) is 0 Å². The van der Waals surface area contributed by atoms with E-state index < -0.39 is 10.0 Å². The molecule has 4 N–H and O–H groups in total. The molecule has 0 aliphatic carbocycles. The van der Waals surface area contributed by atoms with E-state index in [-0.39, 0.29) is 16.4 Å². The summed E-state index contributed by atoms with van der Waals surface area (Å²) in [6.45, 7) is 0. The lowest BCUT2D eigenvalue weighted by Crippen LogP contribution is -2.14. The molecule has 0 spiro atoms. The maximum atomic E-state index is 11.9. The molecule has 1 aromatic carbocycles. The number of aromatic amines is 1. The van der Waals surface area contributed by atoms with Crippen molar-refractivity contribution in [3.8, 4) is 5.75 Å². The largest absolute Gasteiger partial charge is 0.497 e. The van der Waals surface area contributed by atoms with Gasteiger partial charge in [-0.2, -0.15) is 8.42 Å². The number of benzene rings is 1. The monoisotopic (exact) mass is 268 g/mol. The summed E-state index contributed by atoms with van der Waals surface area (Å²) in [6.07, 6.45) is 2.49. The van der Waals surface area contributed by atoms with E-state index in [0.717, 1.165) is 0 Å². The number of imidazole rings is 1. The highest BCUT2D eigenvalue weighted by molar-refractivity contribution is 7.92. The molecule has 18 heavy (non-hydrogen) atoms. The number of hydrogen-bond donors (Lipinski definition) is 3. The first-order valence-electron chi connectivity index (χ1n) is 4.97. The van der Waals surface area contributed by atoms with Crippen molar-refractivity contribution >= 4 is 21.4 Å². The predicted molar refractivity (Wildman–Crippen MR) is 66.8 cm³/mol. The molecule has 0 radical (unpaired) electrons. The summed E-state index contributed by atoms with van der Waals surface area (Å²) < 4.78 is 31.1. The van der Waals surface area contributed by atoms with Crippen LogP contribution in [0.3, 0.4) is 0 Å². The number of nitrogens with zero attached hydrogens (tertiary/aromatic N) is 1. The SMILES string of the molecule is COc1ccc(NS(=O)(=O)c2cnc[nH]2)c(N)c1. The van der Waals surface area contributed by atoms with Crippen LogP contribution in [0.4, 0.5) is 11.4 Å². The minimum absolute atomic E-state index is 0.0299. The Morgan fingerprint density at radius 3 is 2.78 bits per heavy atom. The van der Waals surface area contributed by atoms with Crippen LogP contribution in [0.15, 0.2) is 35.7 Å². The summed E-state index contributed by atoms with van der Waals surface area (Å²) in [5.74, 6) is 0.553. The lowest BCUT2D eigenvalue weighted by molar-refractivity contribution is 0.415. The van der Waals surface area contributed by atoms with Gasteiger partial charge in [-0.05, 0) is 12.1 Å². The smallest absolute Gasteiger partial charge is 0.279 e. The number of ether oxygens (including phenoxy) is 1. The molecule has 0 saturated heterocycles. The van der Waals surface area contributed by atoms with Gasteiger partial charge in [-0.25, -0.2) is 4.98 Å². The van der Waals surface area contributed by atoms with Gasteiger partial charge in [-0.1, -0.05) is 0 Å². The molecule has 2 aromatic rings. The van der Waals surface area contributed by atoms with Crippen molar-refractivity contribution in [1.29, 1.82) is 0 Å². The van der Waals surface area contributed by atoms with Gasteiger partial charge in [0.25, 0.3) is 10.0 Å². The quantitative estimate of drug-likeness (QED) is 0.710. The number of nitrogens with one attached hydrogen (secondary N) is 2. The van der Waals surface area contributed by atoms with Crippen molar-refractivity contribution < 1.29 is 13.2 Å². The van der Waals surface area contributed by atoms with Crippen LogP contribution < -0.4 is 15.2 Å². The lowest BCUT2D eigenvalue weighted by atomic mass is 10.2. The van der Waals surface area contributed by atoms with Gasteiger partial charge < -0.3 is 15.5 Å². The highest BCUT2D eigenvalue weighted by Gasteiger charge is 2.16. The Morgan fingerprint density at radius 2 is 2.22 bits per heavy atom. The fraction of sp³-hybridized carbons (Fsp3) is 0.100. The van der Waals surface area contributed by atoms with Gasteiger partial charge in [0.15, 0.2) is 5.03 Å². The predicted octanol–water partition coefficient (Wildman–Crippen LogP) is 0.801. The zero-order valence-electron chi connectivity index (χ0n) is 9.54. The van der Waals surface area contributed by atoms with Gasteiger partial charge in [0.2, 0.25) is 0 Å². The minimum Gasteiger partial charge on any atom is -0.497 e. The van der Waals surface area contributed by atoms with Gasteiger partial charge in [0.05, 0.1) is 31.0 Å². The summed E-state index contributed by atoms with van der Waals surface area (Å²) in [6, 6.07) is 4.67. The Kier molecular flexibility index (Phi) is 3.11. The average Bonchev–Trinajstić information content (AvgIpc) is 2.86. The van der Waals surface area contributed by atoms with E-state index in [9.17, 15) is 8.42 Å². The van der Waals surface area contributed by atoms with Crippen LogP contribution in [-0.4, -0.2) is 25.5 Å².